The van der Waals surface area contributed by atoms with Gasteiger partial charge in [0.15, 0.2) is 13.2 Å². The van der Waals surface area contributed by atoms with Crippen molar-refractivity contribution >= 4 is 180 Å². The summed E-state index contributed by atoms with van der Waals surface area (Å²) >= 11 is 0. The van der Waals surface area contributed by atoms with E-state index >= 15 is 28.8 Å². The standard InChI is InChI=1S/C96H92N14O14/c97-31-7-5-19-65(87(99)113)109-93(119)59-29-25-55-79-67(103-35-9-10-36-103)45-61-75-57(27-23-53(83(75)79)81-69(105-39-13-14-40-105)47-63(95(109)121)77(59)85(55)81)89(115)107(91(61)117)43-33-101-73(111)49-123-71-21-3-1-17-51(71)52-18-2-4-22-72(52)124-50-74(112)102-34-44-108-90(116)58-28-24-54-82-70(106-41-15-16-42-106)48-64-78-60(94(120)110(96(64)122)66(88(100)114)20-6-8-32-98)30-26-56(86(78)82)80-68(104-37-11-12-38-104)46-62(92(108)118)76(58)84(54)80/h1-4,17-18,21-30,45-48,65-66H,5-16,19-20,31-44,49-50,97-98H2,(H2,99,113)(H2,100,114)(H,101,111)(H,102,112)/t65-,66-/m0/s1. The van der Waals surface area contributed by atoms with Crippen LogP contribution in [0.25, 0.3) is 97.3 Å². The van der Waals surface area contributed by atoms with Gasteiger partial charge in [-0.2, -0.15) is 0 Å². The molecule has 0 aliphatic carbocycles. The summed E-state index contributed by atoms with van der Waals surface area (Å²) in [6, 6.07) is 33.7. The number of para-hydroxylation sites is 2. The van der Waals surface area contributed by atoms with Gasteiger partial charge in [-0.15, -0.1) is 0 Å². The highest BCUT2D eigenvalue weighted by Crippen LogP contribution is 2.56. The van der Waals surface area contributed by atoms with Crippen molar-refractivity contribution in [2.45, 2.75) is 102 Å². The molecule has 0 saturated carbocycles. The van der Waals surface area contributed by atoms with E-state index in [0.717, 1.165) is 138 Å². The second kappa shape index (κ2) is 31.4. The van der Waals surface area contributed by atoms with Crippen molar-refractivity contribution in [2.24, 2.45) is 22.9 Å². The molecule has 10 N–H and O–H groups in total. The first-order valence-corrected chi connectivity index (χ1v) is 43.4. The Morgan fingerprint density at radius 3 is 0.895 bits per heavy atom. The van der Waals surface area contributed by atoms with Crippen LogP contribution in [0.3, 0.4) is 0 Å². The van der Waals surface area contributed by atoms with Crippen LogP contribution in [0.2, 0.25) is 0 Å². The number of imide groups is 4. The van der Waals surface area contributed by atoms with E-state index in [4.69, 9.17) is 32.4 Å². The molecule has 124 heavy (non-hydrogen) atoms. The largest absolute Gasteiger partial charge is 0.483 e. The van der Waals surface area contributed by atoms with Gasteiger partial charge in [0.2, 0.25) is 11.8 Å². The molecule has 8 aliphatic rings. The fourth-order valence-electron chi connectivity index (χ4n) is 21.2. The summed E-state index contributed by atoms with van der Waals surface area (Å²) in [5.41, 5.74) is 30.2. The number of benzene rings is 12. The van der Waals surface area contributed by atoms with Crippen molar-refractivity contribution in [3.63, 3.8) is 0 Å². The van der Waals surface area contributed by atoms with Gasteiger partial charge in [0, 0.05) is 199 Å². The van der Waals surface area contributed by atoms with Crippen molar-refractivity contribution in [1.29, 1.82) is 0 Å². The van der Waals surface area contributed by atoms with E-state index in [9.17, 15) is 28.8 Å². The van der Waals surface area contributed by atoms with Crippen LogP contribution < -0.4 is 62.6 Å². The van der Waals surface area contributed by atoms with E-state index in [-0.39, 0.29) is 50.1 Å². The maximum absolute atomic E-state index is 15.3. The third-order valence-corrected chi connectivity index (χ3v) is 26.9. The van der Waals surface area contributed by atoms with Crippen molar-refractivity contribution in [3.05, 3.63) is 166 Å². The molecule has 630 valence electrons. The second-order valence-corrected chi connectivity index (χ2v) is 33.9. The van der Waals surface area contributed by atoms with Crippen LogP contribution in [0, 0.1) is 0 Å². The Morgan fingerprint density at radius 1 is 0.323 bits per heavy atom. The SMILES string of the molecule is NCCCC[C@@H](C(N)=O)N1C(=O)c2ccc3c4c(N5CCCC5)cc5c6c(ccc(c7c(N8CCCC8)cc(c2c37)C1=O)c64)C(=O)N(CCNC(=O)COc1ccccc1-c1ccccc1OCC(=O)NCCN1C(=O)c2ccc3c4c(N6CCCC6)cc6c7c(ccc(c8c(N9CCCC9)cc(c2c38)C1=O)c74)C(=O)N([C@@H](CCCCN)C(N)=O)C6=O)C5=O. The number of rotatable bonds is 29. The Kier molecular flexibility index (Phi) is 20.0. The maximum atomic E-state index is 15.3. The van der Waals surface area contributed by atoms with Gasteiger partial charge in [-0.3, -0.25) is 77.1 Å². The molecule has 28 heteroatoms. The van der Waals surface area contributed by atoms with E-state index < -0.39 is 96.2 Å². The van der Waals surface area contributed by atoms with Gasteiger partial charge in [0.05, 0.1) is 22.3 Å². The summed E-state index contributed by atoms with van der Waals surface area (Å²) in [7, 11) is 0. The lowest BCUT2D eigenvalue weighted by molar-refractivity contribution is -0.123. The number of carbonyl (C=O) groups excluding carboxylic acids is 12. The van der Waals surface area contributed by atoms with E-state index in [1.807, 2.05) is 48.5 Å². The average Bonchev–Trinajstić information content (AvgIpc) is 0.824. The summed E-state index contributed by atoms with van der Waals surface area (Å²) in [6.07, 6.45) is 9.68. The average molecular weight is 1670 g/mol. The molecule has 0 radical (unpaired) electrons. The lowest BCUT2D eigenvalue weighted by Gasteiger charge is -2.35. The molecule has 20 rings (SSSR count). The van der Waals surface area contributed by atoms with Crippen LogP contribution in [0.5, 0.6) is 11.5 Å². The van der Waals surface area contributed by atoms with Gasteiger partial charge in [-0.1, -0.05) is 60.7 Å². The lowest BCUT2D eigenvalue weighted by Crippen LogP contribution is -2.52. The molecule has 12 amide bonds. The first kappa shape index (κ1) is 78.9. The number of amides is 12. The molecule has 28 nitrogen and oxygen atoms in total. The Bertz CT molecular complexity index is 6260. The number of nitrogens with two attached hydrogens (primary N) is 4. The molecule has 12 aromatic carbocycles. The predicted molar refractivity (Wildman–Crippen MR) is 473 cm³/mol. The zero-order chi connectivity index (χ0) is 85.4. The molecule has 4 fully saturated rings. The molecule has 0 spiro atoms. The van der Waals surface area contributed by atoms with Crippen LogP contribution in [-0.4, -0.2) is 207 Å². The van der Waals surface area contributed by atoms with Gasteiger partial charge in [0.25, 0.3) is 59.1 Å². The fraction of sp³-hybridized carbons (Fsp3) is 0.333. The smallest absolute Gasteiger partial charge is 0.262 e. The van der Waals surface area contributed by atoms with Crippen molar-refractivity contribution in [1.82, 2.24) is 30.2 Å². The Hall–Kier alpha value is -13.6. The fourth-order valence-corrected chi connectivity index (χ4v) is 21.2. The molecule has 12 aromatic rings. The molecule has 0 bridgehead atoms. The number of nitrogens with zero attached hydrogens (tertiary/aromatic N) is 8. The number of anilines is 4. The van der Waals surface area contributed by atoms with Crippen LogP contribution in [0.15, 0.2) is 121 Å². The quantitative estimate of drug-likeness (QED) is 0.0110. The Morgan fingerprint density at radius 2 is 0.597 bits per heavy atom. The van der Waals surface area contributed by atoms with Crippen molar-refractivity contribution in [3.8, 4) is 22.6 Å². The van der Waals surface area contributed by atoms with E-state index in [0.29, 0.717) is 179 Å². The number of ether oxygens (including phenoxy) is 2. The molecule has 8 aliphatic heterocycles. The molecule has 0 aromatic heterocycles. The Balaban J connectivity index is 0.521. The topological polar surface area (TPSA) is 377 Å². The summed E-state index contributed by atoms with van der Waals surface area (Å²) in [5, 5.41) is 16.7. The summed E-state index contributed by atoms with van der Waals surface area (Å²) in [5.74, 6) is -6.56. The first-order valence-electron chi connectivity index (χ1n) is 43.4. The third kappa shape index (κ3) is 12.5. The number of nitrogens with one attached hydrogen (secondary N) is 2. The minimum Gasteiger partial charge on any atom is -0.483 e. The molecular formula is C96H92N14O14. The molecule has 8 heterocycles. The number of hydrogen-bond donors (Lipinski definition) is 6. The van der Waals surface area contributed by atoms with Gasteiger partial charge in [-0.25, -0.2) is 0 Å². The number of carbonyl (C=O) groups is 12. The minimum atomic E-state index is -1.19. The highest BCUT2D eigenvalue weighted by Gasteiger charge is 2.47. The number of primary amides is 2. The second-order valence-electron chi connectivity index (χ2n) is 33.9. The van der Waals surface area contributed by atoms with Gasteiger partial charge < -0.3 is 62.6 Å². The van der Waals surface area contributed by atoms with Crippen LogP contribution in [-0.2, 0) is 19.2 Å². The normalized spacial score (nSPS) is 17.0. The predicted octanol–water partition coefficient (Wildman–Crippen LogP) is 10.6. The summed E-state index contributed by atoms with van der Waals surface area (Å²) < 4.78 is 12.4. The van der Waals surface area contributed by atoms with Gasteiger partial charge >= 0.3 is 0 Å². The zero-order valence-electron chi connectivity index (χ0n) is 68.5. The summed E-state index contributed by atoms with van der Waals surface area (Å²) in [4.78, 5) is 188. The van der Waals surface area contributed by atoms with E-state index in [2.05, 4.69) is 30.2 Å². The van der Waals surface area contributed by atoms with E-state index in [1.54, 1.807) is 72.8 Å². The molecule has 0 unspecified atom stereocenters. The maximum Gasteiger partial charge on any atom is 0.262 e. The molecule has 2 atom stereocenters. The lowest BCUT2D eigenvalue weighted by atomic mass is 9.80. The van der Waals surface area contributed by atoms with Gasteiger partial charge in [-0.05, 0) is 185 Å². The zero-order valence-corrected chi connectivity index (χ0v) is 68.5. The van der Waals surface area contributed by atoms with E-state index in [1.165, 1.54) is 9.80 Å². The van der Waals surface area contributed by atoms with Crippen molar-refractivity contribution < 1.29 is 67.0 Å². The monoisotopic (exact) mass is 1660 g/mol. The van der Waals surface area contributed by atoms with Crippen molar-refractivity contribution in [2.75, 3.05) is 124 Å². The first-order chi connectivity index (χ1) is 60.3. The third-order valence-electron chi connectivity index (χ3n) is 26.9. The Labute approximate surface area is 711 Å². The highest BCUT2D eigenvalue weighted by molar-refractivity contribution is 6.47. The van der Waals surface area contributed by atoms with Crippen LogP contribution >= 0.6 is 0 Å². The minimum absolute atomic E-state index is 0.110. The van der Waals surface area contributed by atoms with Gasteiger partial charge in [0.1, 0.15) is 23.6 Å². The molecular weight excluding hydrogens is 1570 g/mol. The number of hydrogen-bond acceptors (Lipinski definition) is 20. The molecule has 4 saturated heterocycles. The highest BCUT2D eigenvalue weighted by atomic mass is 16.5. The summed E-state index contributed by atoms with van der Waals surface area (Å²) in [6.45, 7) is 4.82. The van der Waals surface area contributed by atoms with Crippen LogP contribution in [0.4, 0.5) is 22.7 Å². The van der Waals surface area contributed by atoms with Crippen LogP contribution in [0.1, 0.15) is 173 Å². The number of unbranched alkanes of at least 4 members (excludes halogenated alkanes) is 2. The number of fused-ring (bicyclic) bond motifs is 4.